The number of aromatic nitrogens is 2. The van der Waals surface area contributed by atoms with Crippen LogP contribution in [0.25, 0.3) is 0 Å². The minimum absolute atomic E-state index is 0.00896. The smallest absolute Gasteiger partial charge is 0.274 e. The van der Waals surface area contributed by atoms with Gasteiger partial charge in [0.1, 0.15) is 12.2 Å². The largest absolute Gasteiger partial charge is 0.369 e. The van der Waals surface area contributed by atoms with E-state index in [4.69, 9.17) is 5.73 Å². The summed E-state index contributed by atoms with van der Waals surface area (Å²) in [6.07, 6.45) is 4.19. The summed E-state index contributed by atoms with van der Waals surface area (Å²) in [4.78, 5) is 48.9. The molecule has 3 rings (SSSR count). The van der Waals surface area contributed by atoms with Gasteiger partial charge in [-0.2, -0.15) is 0 Å². The molecule has 0 saturated carbocycles. The van der Waals surface area contributed by atoms with Gasteiger partial charge in [-0.05, 0) is 25.7 Å². The molecular formula is C18H25N5O3. The number of aryl methyl sites for hydroxylation is 1. The maximum absolute atomic E-state index is 12.8. The second-order valence-corrected chi connectivity index (χ2v) is 7.62. The first-order valence-corrected chi connectivity index (χ1v) is 8.96. The molecule has 3 heterocycles. The lowest BCUT2D eigenvalue weighted by atomic mass is 9.91. The van der Waals surface area contributed by atoms with Gasteiger partial charge in [-0.3, -0.25) is 19.4 Å². The summed E-state index contributed by atoms with van der Waals surface area (Å²) in [5.74, 6) is -0.839. The Labute approximate surface area is 152 Å². The Morgan fingerprint density at radius 3 is 2.62 bits per heavy atom. The normalized spacial score (nSPS) is 25.5. The summed E-state index contributed by atoms with van der Waals surface area (Å²) < 4.78 is 0. The number of nitrogens with two attached hydrogens (primary N) is 1. The van der Waals surface area contributed by atoms with Crippen LogP contribution in [0.4, 0.5) is 0 Å². The van der Waals surface area contributed by atoms with Crippen molar-refractivity contribution in [2.45, 2.75) is 45.7 Å². The predicted molar refractivity (Wildman–Crippen MR) is 93.9 cm³/mol. The lowest BCUT2D eigenvalue weighted by Gasteiger charge is -2.40. The van der Waals surface area contributed by atoms with E-state index in [1.807, 2.05) is 0 Å². The molecule has 26 heavy (non-hydrogen) atoms. The number of amides is 3. The number of primary amides is 1. The van der Waals surface area contributed by atoms with Crippen LogP contribution in [0.5, 0.6) is 0 Å². The number of nitrogens with zero attached hydrogens (tertiary/aromatic N) is 4. The molecule has 8 nitrogen and oxygen atoms in total. The summed E-state index contributed by atoms with van der Waals surface area (Å²) in [6.45, 7) is 6.29. The third kappa shape index (κ3) is 3.40. The third-order valence-electron chi connectivity index (χ3n) is 5.15. The van der Waals surface area contributed by atoms with Gasteiger partial charge in [-0.1, -0.05) is 13.8 Å². The van der Waals surface area contributed by atoms with E-state index in [2.05, 4.69) is 23.8 Å². The van der Waals surface area contributed by atoms with Gasteiger partial charge in [0.25, 0.3) is 5.91 Å². The zero-order valence-electron chi connectivity index (χ0n) is 15.4. The first kappa shape index (κ1) is 18.3. The zero-order chi connectivity index (χ0) is 19.0. The van der Waals surface area contributed by atoms with Crippen molar-refractivity contribution in [3.05, 3.63) is 23.8 Å². The lowest BCUT2D eigenvalue weighted by Crippen LogP contribution is -2.58. The molecule has 8 heteroatoms. The first-order valence-electron chi connectivity index (χ1n) is 8.96. The second-order valence-electron chi connectivity index (χ2n) is 7.62. The van der Waals surface area contributed by atoms with Crippen molar-refractivity contribution in [1.82, 2.24) is 19.8 Å². The molecule has 0 aromatic carbocycles. The van der Waals surface area contributed by atoms with Crippen molar-refractivity contribution in [3.63, 3.8) is 0 Å². The van der Waals surface area contributed by atoms with Crippen LogP contribution in [-0.2, 0) is 9.59 Å². The van der Waals surface area contributed by atoms with Gasteiger partial charge in [0, 0.05) is 18.8 Å². The van der Waals surface area contributed by atoms with Crippen LogP contribution in [-0.4, -0.2) is 62.7 Å². The molecule has 2 fully saturated rings. The summed E-state index contributed by atoms with van der Waals surface area (Å²) in [5.41, 5.74) is 6.53. The molecule has 2 aliphatic heterocycles. The monoisotopic (exact) mass is 359 g/mol. The van der Waals surface area contributed by atoms with Gasteiger partial charge in [0.15, 0.2) is 0 Å². The number of carbonyl (C=O) groups excluding carboxylic acids is 3. The zero-order valence-corrected chi connectivity index (χ0v) is 15.4. The average Bonchev–Trinajstić information content (AvgIpc) is 2.93. The molecule has 0 spiro atoms. The topological polar surface area (TPSA) is 109 Å². The molecule has 0 aliphatic carbocycles. The molecule has 1 aromatic rings. The Morgan fingerprint density at radius 2 is 2.04 bits per heavy atom. The van der Waals surface area contributed by atoms with Gasteiger partial charge in [-0.25, -0.2) is 4.98 Å². The van der Waals surface area contributed by atoms with Crippen molar-refractivity contribution in [2.24, 2.45) is 17.6 Å². The van der Waals surface area contributed by atoms with Crippen molar-refractivity contribution < 1.29 is 14.4 Å². The Morgan fingerprint density at radius 1 is 1.31 bits per heavy atom. The SMILES string of the molecule is Cc1cnc(C(=O)N2CC(=O)N3[C@H](C[C@@H](C(N)=O)[C@H]3CC(C)C)C2)cn1. The number of carbonyl (C=O) groups is 3. The van der Waals surface area contributed by atoms with Crippen LogP contribution in [0.2, 0.25) is 0 Å². The van der Waals surface area contributed by atoms with E-state index in [-0.39, 0.29) is 48.0 Å². The van der Waals surface area contributed by atoms with Crippen molar-refractivity contribution in [2.75, 3.05) is 13.1 Å². The Hall–Kier alpha value is -2.51. The van der Waals surface area contributed by atoms with E-state index < -0.39 is 0 Å². The van der Waals surface area contributed by atoms with Crippen molar-refractivity contribution >= 4 is 17.7 Å². The van der Waals surface area contributed by atoms with Gasteiger partial charge < -0.3 is 15.5 Å². The van der Waals surface area contributed by atoms with Gasteiger partial charge >= 0.3 is 0 Å². The molecular weight excluding hydrogens is 334 g/mol. The molecule has 2 aliphatic rings. The van der Waals surface area contributed by atoms with Crippen LogP contribution in [0, 0.1) is 18.8 Å². The molecule has 0 radical (unpaired) electrons. The first-order chi connectivity index (χ1) is 12.3. The van der Waals surface area contributed by atoms with Crippen LogP contribution < -0.4 is 5.73 Å². The van der Waals surface area contributed by atoms with E-state index in [0.717, 1.165) is 12.1 Å². The Kier molecular flexibility index (Phi) is 4.93. The number of hydrogen-bond donors (Lipinski definition) is 1. The van der Waals surface area contributed by atoms with Crippen molar-refractivity contribution in [1.29, 1.82) is 0 Å². The fourth-order valence-corrected chi connectivity index (χ4v) is 4.03. The average molecular weight is 359 g/mol. The number of fused-ring (bicyclic) bond motifs is 1. The molecule has 3 amide bonds. The van der Waals surface area contributed by atoms with E-state index >= 15 is 0 Å². The highest BCUT2D eigenvalue weighted by atomic mass is 16.2. The summed E-state index contributed by atoms with van der Waals surface area (Å²) in [6, 6.07) is -0.360. The standard InChI is InChI=1S/C18H25N5O3/c1-10(2)4-15-13(17(19)25)5-12-8-22(9-16(24)23(12)15)18(26)14-7-20-11(3)6-21-14/h6-7,10,12-13,15H,4-5,8-9H2,1-3H3,(H2,19,25)/t12-,13-,15-/m1/s1. The minimum Gasteiger partial charge on any atom is -0.369 e. The fourth-order valence-electron chi connectivity index (χ4n) is 4.03. The van der Waals surface area contributed by atoms with E-state index in [9.17, 15) is 14.4 Å². The van der Waals surface area contributed by atoms with Crippen LogP contribution in [0.3, 0.4) is 0 Å². The predicted octanol–water partition coefficient (Wildman–Crippen LogP) is 0.358. The maximum Gasteiger partial charge on any atom is 0.274 e. The Bertz CT molecular complexity index is 718. The highest BCUT2D eigenvalue weighted by molar-refractivity contribution is 5.96. The Balaban J connectivity index is 1.80. The lowest BCUT2D eigenvalue weighted by molar-refractivity contribution is -0.139. The van der Waals surface area contributed by atoms with Gasteiger partial charge in [0.05, 0.1) is 23.9 Å². The third-order valence-corrected chi connectivity index (χ3v) is 5.15. The van der Waals surface area contributed by atoms with Crippen LogP contribution in [0.1, 0.15) is 42.9 Å². The van der Waals surface area contributed by atoms with E-state index in [0.29, 0.717) is 18.9 Å². The quantitative estimate of drug-likeness (QED) is 0.835. The molecule has 2 saturated heterocycles. The van der Waals surface area contributed by atoms with Crippen LogP contribution in [0.15, 0.2) is 12.4 Å². The highest BCUT2D eigenvalue weighted by Crippen LogP contribution is 2.36. The number of rotatable bonds is 4. The molecule has 3 atom stereocenters. The van der Waals surface area contributed by atoms with Gasteiger partial charge in [0.2, 0.25) is 11.8 Å². The fraction of sp³-hybridized carbons (Fsp3) is 0.611. The van der Waals surface area contributed by atoms with E-state index in [1.54, 1.807) is 11.8 Å². The second kappa shape index (κ2) is 7.01. The molecule has 1 aromatic heterocycles. The van der Waals surface area contributed by atoms with E-state index in [1.165, 1.54) is 17.3 Å². The van der Waals surface area contributed by atoms with Crippen molar-refractivity contribution in [3.8, 4) is 0 Å². The minimum atomic E-state index is -0.375. The number of piperazine rings is 1. The maximum atomic E-state index is 12.8. The van der Waals surface area contributed by atoms with Crippen LogP contribution >= 0.6 is 0 Å². The molecule has 2 N–H and O–H groups in total. The molecule has 140 valence electrons. The molecule has 0 bridgehead atoms. The highest BCUT2D eigenvalue weighted by Gasteiger charge is 2.49. The molecule has 0 unspecified atom stereocenters. The number of hydrogen-bond acceptors (Lipinski definition) is 5. The summed E-state index contributed by atoms with van der Waals surface area (Å²) >= 11 is 0. The van der Waals surface area contributed by atoms with Gasteiger partial charge in [-0.15, -0.1) is 0 Å². The summed E-state index contributed by atoms with van der Waals surface area (Å²) in [5, 5.41) is 0. The summed E-state index contributed by atoms with van der Waals surface area (Å²) in [7, 11) is 0.